The first-order chi connectivity index (χ1) is 15.0. The summed E-state index contributed by atoms with van der Waals surface area (Å²) in [5, 5.41) is 0. The highest BCUT2D eigenvalue weighted by Crippen LogP contribution is 2.60. The summed E-state index contributed by atoms with van der Waals surface area (Å²) in [5.41, 5.74) is 0.869. The van der Waals surface area contributed by atoms with Crippen molar-refractivity contribution in [1.29, 1.82) is 0 Å². The van der Waals surface area contributed by atoms with E-state index in [0.29, 0.717) is 6.42 Å². The molecule has 162 valence electrons. The van der Waals surface area contributed by atoms with E-state index in [4.69, 9.17) is 18.9 Å². The Morgan fingerprint density at radius 1 is 1.03 bits per heavy atom. The van der Waals surface area contributed by atoms with E-state index in [0.717, 1.165) is 16.9 Å². The van der Waals surface area contributed by atoms with Gasteiger partial charge in [-0.3, -0.25) is 0 Å². The van der Waals surface area contributed by atoms with Gasteiger partial charge in [-0.15, -0.1) is 0 Å². The third-order valence-corrected chi connectivity index (χ3v) is 6.24. The Hall–Kier alpha value is -3.28. The fourth-order valence-corrected chi connectivity index (χ4v) is 4.91. The van der Waals surface area contributed by atoms with E-state index < -0.39 is 17.5 Å². The molecule has 2 aromatic carbocycles. The summed E-state index contributed by atoms with van der Waals surface area (Å²) < 4.78 is 21.7. The van der Waals surface area contributed by atoms with Crippen LogP contribution >= 0.6 is 0 Å². The molecule has 1 aliphatic heterocycles. The van der Waals surface area contributed by atoms with Crippen LogP contribution in [0.3, 0.4) is 0 Å². The van der Waals surface area contributed by atoms with Crippen molar-refractivity contribution in [2.45, 2.75) is 30.8 Å². The molecule has 2 aromatic rings. The number of carbonyl (C=O) groups is 2. The molecule has 0 amide bonds. The Kier molecular flexibility index (Phi) is 5.72. The third-order valence-electron chi connectivity index (χ3n) is 6.24. The monoisotopic (exact) mass is 422 g/mol. The van der Waals surface area contributed by atoms with Crippen LogP contribution in [0.15, 0.2) is 66.4 Å². The minimum atomic E-state index is -1.28. The number of hydrogen-bond acceptors (Lipinski definition) is 6. The van der Waals surface area contributed by atoms with Gasteiger partial charge in [0.1, 0.15) is 5.75 Å². The van der Waals surface area contributed by atoms with Gasteiger partial charge in [-0.25, -0.2) is 9.59 Å². The van der Waals surface area contributed by atoms with E-state index in [9.17, 15) is 9.59 Å². The van der Waals surface area contributed by atoms with E-state index in [1.54, 1.807) is 20.1 Å². The molecule has 2 aliphatic rings. The average molecular weight is 422 g/mol. The molecule has 1 saturated carbocycles. The van der Waals surface area contributed by atoms with Crippen molar-refractivity contribution < 1.29 is 28.5 Å². The maximum Gasteiger partial charge on any atom is 0.373 e. The Bertz CT molecular complexity index is 981. The first kappa shape index (κ1) is 21.0. The first-order valence-corrected chi connectivity index (χ1v) is 10.4. The molecule has 0 aromatic heterocycles. The van der Waals surface area contributed by atoms with Crippen molar-refractivity contribution in [3.05, 3.63) is 77.6 Å². The molecular weight excluding hydrogens is 396 g/mol. The van der Waals surface area contributed by atoms with Gasteiger partial charge < -0.3 is 18.9 Å². The van der Waals surface area contributed by atoms with Crippen LogP contribution in [0, 0.1) is 5.92 Å². The molecule has 1 fully saturated rings. The number of hydrogen-bond donors (Lipinski definition) is 0. The van der Waals surface area contributed by atoms with E-state index in [2.05, 4.69) is 0 Å². The van der Waals surface area contributed by atoms with Gasteiger partial charge in [0.15, 0.2) is 0 Å². The zero-order valence-electron chi connectivity index (χ0n) is 17.9. The lowest BCUT2D eigenvalue weighted by atomic mass is 9.78. The second kappa shape index (κ2) is 8.46. The summed E-state index contributed by atoms with van der Waals surface area (Å²) >= 11 is 0. The second-order valence-electron chi connectivity index (χ2n) is 7.78. The van der Waals surface area contributed by atoms with Crippen LogP contribution in [-0.2, 0) is 23.8 Å². The van der Waals surface area contributed by atoms with Gasteiger partial charge in [0.25, 0.3) is 0 Å². The van der Waals surface area contributed by atoms with Crippen LogP contribution in [0.2, 0.25) is 0 Å². The zero-order chi connectivity index (χ0) is 22.0. The molecule has 0 N–H and O–H groups in total. The van der Waals surface area contributed by atoms with Crippen molar-refractivity contribution in [1.82, 2.24) is 0 Å². The maximum absolute atomic E-state index is 13.0. The predicted octanol–water partition coefficient (Wildman–Crippen LogP) is 3.97. The topological polar surface area (TPSA) is 71.1 Å². The third kappa shape index (κ3) is 3.56. The molecule has 0 bridgehead atoms. The number of methoxy groups -OCH3 is 2. The number of benzene rings is 2. The molecule has 0 spiro atoms. The fraction of sp³-hybridized carbons (Fsp3) is 0.360. The SMILES string of the molecule is CCOC(=O)C1=CC2[C@H](c3ccccc3)[C@@H](c3ccc(OC)cc3)C[C@@]2(C(=O)OC)O1. The molecule has 0 radical (unpaired) electrons. The van der Waals surface area contributed by atoms with Crippen LogP contribution in [0.1, 0.15) is 36.3 Å². The van der Waals surface area contributed by atoms with E-state index in [1.165, 1.54) is 7.11 Å². The van der Waals surface area contributed by atoms with Gasteiger partial charge in [0.05, 0.1) is 20.8 Å². The smallest absolute Gasteiger partial charge is 0.373 e. The summed E-state index contributed by atoms with van der Waals surface area (Å²) in [4.78, 5) is 25.5. The maximum atomic E-state index is 13.0. The van der Waals surface area contributed by atoms with Crippen LogP contribution in [0.25, 0.3) is 0 Å². The first-order valence-electron chi connectivity index (χ1n) is 10.4. The van der Waals surface area contributed by atoms with Crippen LogP contribution < -0.4 is 4.74 Å². The Balaban J connectivity index is 1.82. The van der Waals surface area contributed by atoms with Crippen molar-refractivity contribution in [2.75, 3.05) is 20.8 Å². The van der Waals surface area contributed by atoms with Gasteiger partial charge in [0, 0.05) is 18.3 Å². The number of carbonyl (C=O) groups excluding carboxylic acids is 2. The van der Waals surface area contributed by atoms with Gasteiger partial charge in [-0.05, 0) is 42.2 Å². The average Bonchev–Trinajstić information content (AvgIpc) is 3.34. The van der Waals surface area contributed by atoms with Gasteiger partial charge in [0.2, 0.25) is 11.4 Å². The number of rotatable bonds is 6. The summed E-state index contributed by atoms with van der Waals surface area (Å²) in [5.74, 6) is -0.669. The van der Waals surface area contributed by atoms with E-state index in [1.807, 2.05) is 54.6 Å². The Morgan fingerprint density at radius 3 is 2.35 bits per heavy atom. The Morgan fingerprint density at radius 2 is 1.74 bits per heavy atom. The summed E-state index contributed by atoms with van der Waals surface area (Å²) in [6.07, 6.45) is 2.13. The van der Waals surface area contributed by atoms with Crippen molar-refractivity contribution in [2.24, 2.45) is 5.92 Å². The quantitative estimate of drug-likeness (QED) is 0.656. The molecule has 31 heavy (non-hydrogen) atoms. The van der Waals surface area contributed by atoms with Gasteiger partial charge >= 0.3 is 11.9 Å². The van der Waals surface area contributed by atoms with Crippen LogP contribution in [-0.4, -0.2) is 38.4 Å². The van der Waals surface area contributed by atoms with Crippen molar-refractivity contribution in [3.8, 4) is 5.75 Å². The van der Waals surface area contributed by atoms with E-state index in [-0.39, 0.29) is 30.1 Å². The fourth-order valence-electron chi connectivity index (χ4n) is 4.91. The highest BCUT2D eigenvalue weighted by Gasteiger charge is 2.64. The molecule has 6 nitrogen and oxygen atoms in total. The molecular formula is C25H26O6. The number of fused-ring (bicyclic) bond motifs is 1. The minimum absolute atomic E-state index is 0.0163. The largest absolute Gasteiger partial charge is 0.497 e. The normalized spacial score (nSPS) is 26.4. The highest BCUT2D eigenvalue weighted by molar-refractivity contribution is 5.91. The number of esters is 2. The summed E-state index contributed by atoms with van der Waals surface area (Å²) in [7, 11) is 2.97. The lowest BCUT2D eigenvalue weighted by molar-refractivity contribution is -0.167. The summed E-state index contributed by atoms with van der Waals surface area (Å²) in [6.45, 7) is 1.96. The second-order valence-corrected chi connectivity index (χ2v) is 7.78. The van der Waals surface area contributed by atoms with Gasteiger partial charge in [-0.1, -0.05) is 42.5 Å². The molecule has 1 heterocycles. The number of ether oxygens (including phenoxy) is 4. The lowest BCUT2D eigenvalue weighted by Crippen LogP contribution is -2.43. The lowest BCUT2D eigenvalue weighted by Gasteiger charge is -2.27. The minimum Gasteiger partial charge on any atom is -0.497 e. The van der Waals surface area contributed by atoms with Crippen LogP contribution in [0.4, 0.5) is 0 Å². The molecule has 4 atom stereocenters. The Labute approximate surface area is 181 Å². The molecule has 6 heteroatoms. The predicted molar refractivity (Wildman–Crippen MR) is 114 cm³/mol. The van der Waals surface area contributed by atoms with E-state index >= 15 is 0 Å². The molecule has 0 saturated heterocycles. The molecule has 4 rings (SSSR count). The zero-order valence-corrected chi connectivity index (χ0v) is 17.9. The van der Waals surface area contributed by atoms with Crippen LogP contribution in [0.5, 0.6) is 5.75 Å². The highest BCUT2D eigenvalue weighted by atomic mass is 16.6. The standard InChI is InChI=1S/C25H26O6/c1-4-30-23(26)21-14-20-22(17-8-6-5-7-9-17)19(15-25(20,31-21)24(27)29-3)16-10-12-18(28-2)13-11-16/h5-14,19-20,22H,4,15H2,1-3H3/t19-,20?,22-,25-/m1/s1. The molecule has 1 unspecified atom stereocenters. The van der Waals surface area contributed by atoms with Crippen molar-refractivity contribution >= 4 is 11.9 Å². The van der Waals surface area contributed by atoms with Gasteiger partial charge in [-0.2, -0.15) is 0 Å². The summed E-state index contributed by atoms with van der Waals surface area (Å²) in [6, 6.07) is 17.9. The van der Waals surface area contributed by atoms with Crippen molar-refractivity contribution in [3.63, 3.8) is 0 Å². The molecule has 1 aliphatic carbocycles.